The van der Waals surface area contributed by atoms with E-state index in [1.54, 1.807) is 0 Å². The Morgan fingerprint density at radius 3 is 1.40 bits per heavy atom. The number of allylic oxidation sites excluding steroid dienone is 4. The maximum absolute atomic E-state index is 6.38. The van der Waals surface area contributed by atoms with Crippen molar-refractivity contribution in [3.05, 3.63) is 176 Å². The van der Waals surface area contributed by atoms with Gasteiger partial charge in [-0.3, -0.25) is 6.08 Å². The van der Waals surface area contributed by atoms with Crippen molar-refractivity contribution in [2.24, 2.45) is 0 Å². The Balaban J connectivity index is 0.000000232. The van der Waals surface area contributed by atoms with Crippen LogP contribution in [0.4, 0.5) is 0 Å². The molecule has 0 aliphatic heterocycles. The third kappa shape index (κ3) is 10.9. The molecule has 0 saturated carbocycles. The van der Waals surface area contributed by atoms with Gasteiger partial charge in [-0.25, -0.2) is 12.2 Å². The van der Waals surface area contributed by atoms with Gasteiger partial charge in [0, 0.05) is 0 Å². The van der Waals surface area contributed by atoms with Crippen molar-refractivity contribution in [3.8, 4) is 11.1 Å². The fraction of sp³-hybridized carbons (Fsp3) is 0.327. The maximum Gasteiger partial charge on any atom is -0.109 e. The first-order valence-electron chi connectivity index (χ1n) is 20.5. The zero-order chi connectivity index (χ0) is 42.4. The molecule has 0 N–H and O–H groups in total. The molecule has 0 heterocycles. The van der Waals surface area contributed by atoms with Crippen LogP contribution in [-0.4, -0.2) is 3.21 Å². The van der Waals surface area contributed by atoms with Crippen LogP contribution in [0.3, 0.4) is 0 Å². The van der Waals surface area contributed by atoms with E-state index in [4.69, 9.17) is 23.2 Å². The van der Waals surface area contributed by atoms with Crippen molar-refractivity contribution in [1.82, 2.24) is 0 Å². The zero-order valence-electron chi connectivity index (χ0n) is 37.3. The Morgan fingerprint density at radius 2 is 1.00 bits per heavy atom. The Kier molecular flexibility index (Phi) is 16.1. The fourth-order valence-corrected chi connectivity index (χ4v) is 9.60. The third-order valence-corrected chi connectivity index (χ3v) is 13.1. The number of hydrogen-bond donors (Lipinski definition) is 0. The molecular formula is C55H58Cl4Zr-2. The van der Waals surface area contributed by atoms with Gasteiger partial charge in [0.05, 0.1) is 0 Å². The zero-order valence-corrected chi connectivity index (χ0v) is 42.8. The molecule has 0 spiro atoms. The number of benzene rings is 6. The van der Waals surface area contributed by atoms with E-state index in [0.29, 0.717) is 0 Å². The quantitative estimate of drug-likeness (QED) is 0.152. The smallest absolute Gasteiger partial charge is 0.109 e. The molecule has 0 aromatic heterocycles. The second-order valence-corrected chi connectivity index (χ2v) is 21.9. The van der Waals surface area contributed by atoms with Gasteiger partial charge in [0.25, 0.3) is 0 Å². The molecule has 0 fully saturated rings. The minimum absolute atomic E-state index is 0. The summed E-state index contributed by atoms with van der Waals surface area (Å²) in [5, 5.41) is 6.15. The summed E-state index contributed by atoms with van der Waals surface area (Å²) in [6.45, 7) is 28.0. The number of halogens is 4. The van der Waals surface area contributed by atoms with E-state index in [1.807, 2.05) is 36.4 Å². The molecule has 0 radical (unpaired) electrons. The monoisotopic (exact) mass is 948 g/mol. The van der Waals surface area contributed by atoms with Crippen molar-refractivity contribution < 1.29 is 49.0 Å². The molecule has 60 heavy (non-hydrogen) atoms. The predicted molar refractivity (Wildman–Crippen MR) is 251 cm³/mol. The van der Waals surface area contributed by atoms with Gasteiger partial charge >= 0.3 is 166 Å². The summed E-state index contributed by atoms with van der Waals surface area (Å²) in [5.74, 6) is 0. The molecule has 0 unspecified atom stereocenters. The molecule has 6 aromatic carbocycles. The average Bonchev–Trinajstić information content (AvgIpc) is 3.85. The topological polar surface area (TPSA) is 0 Å². The Bertz CT molecular complexity index is 2400. The van der Waals surface area contributed by atoms with Crippen molar-refractivity contribution in [2.45, 2.75) is 118 Å². The van der Waals surface area contributed by atoms with Crippen LogP contribution in [0.15, 0.2) is 109 Å². The number of hydrogen-bond acceptors (Lipinski definition) is 0. The second-order valence-electron chi connectivity index (χ2n) is 19.8. The van der Waals surface area contributed by atoms with Gasteiger partial charge in [-0.2, -0.15) is 23.8 Å². The van der Waals surface area contributed by atoms with E-state index in [1.165, 1.54) is 93.8 Å². The SMILES string of the molecule is CC(C)(C)c1[c-]c2c(cc1C(C)(C)C)-c1cc(C(C)(C)C)c(C(C)(C)C)cc1C2.Clc1ccc([C](=[Zr+2])c2ccc(Cl)c3ccccc23)c2ccccc12.[C-]1=CC=CC1.[Cl-].[Cl-]. The minimum Gasteiger partial charge on any atom is -1.00 e. The van der Waals surface area contributed by atoms with Gasteiger partial charge in [0.1, 0.15) is 0 Å². The average molecular weight is 952 g/mol. The van der Waals surface area contributed by atoms with Gasteiger partial charge < -0.3 is 24.8 Å². The summed E-state index contributed by atoms with van der Waals surface area (Å²) in [5.41, 5.74) is 14.4. The molecule has 8 rings (SSSR count). The second kappa shape index (κ2) is 19.3. The summed E-state index contributed by atoms with van der Waals surface area (Å²) in [6.07, 6.45) is 11.0. The summed E-state index contributed by atoms with van der Waals surface area (Å²) >= 11 is 14.1. The van der Waals surface area contributed by atoms with Gasteiger partial charge in [-0.1, -0.05) is 106 Å². The predicted octanol–water partition coefficient (Wildman–Crippen LogP) is 9.98. The van der Waals surface area contributed by atoms with E-state index in [9.17, 15) is 0 Å². The normalized spacial score (nSPS) is 13.1. The van der Waals surface area contributed by atoms with Crippen LogP contribution >= 0.6 is 23.2 Å². The largest absolute Gasteiger partial charge is 1.00 e. The van der Waals surface area contributed by atoms with Crippen molar-refractivity contribution >= 4 is 48.0 Å². The molecule has 5 heteroatoms. The molecule has 0 bridgehead atoms. The molecule has 0 atom stereocenters. The van der Waals surface area contributed by atoms with Crippen LogP contribution in [-0.2, 0) is 52.3 Å². The van der Waals surface area contributed by atoms with Crippen LogP contribution in [0.25, 0.3) is 32.7 Å². The summed E-state index contributed by atoms with van der Waals surface area (Å²) in [4.78, 5) is 0. The molecule has 0 amide bonds. The molecule has 6 aromatic rings. The van der Waals surface area contributed by atoms with Crippen molar-refractivity contribution in [2.75, 3.05) is 0 Å². The van der Waals surface area contributed by atoms with Crippen molar-refractivity contribution in [1.29, 1.82) is 0 Å². The van der Waals surface area contributed by atoms with E-state index in [0.717, 1.165) is 33.7 Å². The van der Waals surface area contributed by atoms with Gasteiger partial charge in [-0.05, 0) is 39.4 Å². The van der Waals surface area contributed by atoms with Crippen LogP contribution in [0.5, 0.6) is 0 Å². The standard InChI is InChI=1S/C29H41.C21H12Cl2.C5H5.2ClH.Zr/c1-26(2,3)22-14-18-13-19-15-23(27(4,5)6)25(29(10,11)12)17-21(19)20(18)16-24(22)28(7,8)9;22-20-11-9-14(16-5-1-3-7-18(16)20)13-15-10-12-21(23)19-8-4-2-6-17(15)19;1-2-4-5-3-1;;;/h14,16-17H,13H2,1-12H3;1-12H;1-3H,4H2;2*1H;/q-1;;-1;;;+2/p-2. The Labute approximate surface area is 398 Å². The van der Waals surface area contributed by atoms with Crippen LogP contribution in [0, 0.1) is 12.1 Å². The fourth-order valence-electron chi connectivity index (χ4n) is 8.07. The third-order valence-electron chi connectivity index (χ3n) is 11.1. The van der Waals surface area contributed by atoms with E-state index in [-0.39, 0.29) is 46.5 Å². The van der Waals surface area contributed by atoms with E-state index < -0.39 is 0 Å². The van der Waals surface area contributed by atoms with Gasteiger partial charge in [0.15, 0.2) is 0 Å². The van der Waals surface area contributed by atoms with Crippen LogP contribution in [0.1, 0.15) is 134 Å². The summed E-state index contributed by atoms with van der Waals surface area (Å²) in [6, 6.07) is 36.2. The summed E-state index contributed by atoms with van der Waals surface area (Å²) in [7, 11) is 0. The minimum atomic E-state index is 0. The first-order valence-corrected chi connectivity index (χ1v) is 22.5. The molecule has 0 saturated heterocycles. The number of fused-ring (bicyclic) bond motifs is 5. The molecule has 2 aliphatic carbocycles. The number of rotatable bonds is 2. The van der Waals surface area contributed by atoms with Crippen LogP contribution < -0.4 is 24.8 Å². The van der Waals surface area contributed by atoms with Gasteiger partial charge in [-0.15, -0.1) is 23.1 Å². The molecule has 0 nitrogen and oxygen atoms in total. The first-order chi connectivity index (χ1) is 27.1. The molecular weight excluding hydrogens is 894 g/mol. The summed E-state index contributed by atoms with van der Waals surface area (Å²) < 4.78 is 1.31. The molecule has 2 aliphatic rings. The molecule has 312 valence electrons. The Hall–Kier alpha value is -2.77. The first kappa shape index (κ1) is 49.9. The Morgan fingerprint density at radius 1 is 0.550 bits per heavy atom. The van der Waals surface area contributed by atoms with Gasteiger partial charge in [0.2, 0.25) is 0 Å². The van der Waals surface area contributed by atoms with Crippen molar-refractivity contribution in [3.63, 3.8) is 0 Å². The van der Waals surface area contributed by atoms with Crippen LogP contribution in [0.2, 0.25) is 10.0 Å². The van der Waals surface area contributed by atoms with E-state index in [2.05, 4.69) is 168 Å². The van der Waals surface area contributed by atoms with E-state index >= 15 is 0 Å². The maximum atomic E-state index is 6.38.